The van der Waals surface area contributed by atoms with Crippen LogP contribution in [0.1, 0.15) is 22.6 Å². The maximum atomic E-state index is 9.38. The lowest BCUT2D eigenvalue weighted by atomic mass is 9.92. The Morgan fingerprint density at radius 2 is 1.89 bits per heavy atom. The van der Waals surface area contributed by atoms with Gasteiger partial charge < -0.3 is 4.74 Å². The Morgan fingerprint density at radius 1 is 1.16 bits per heavy atom. The Bertz CT molecular complexity index is 584. The van der Waals surface area contributed by atoms with E-state index < -0.39 is 0 Å². The molecule has 2 aromatic carbocycles. The number of nitrogens with zero attached hydrogens (tertiary/aromatic N) is 1. The quantitative estimate of drug-likeness (QED) is 0.826. The summed E-state index contributed by atoms with van der Waals surface area (Å²) >= 11 is 0. The molecule has 0 heterocycles. The second-order valence-electron chi connectivity index (χ2n) is 4.60. The van der Waals surface area contributed by atoms with Gasteiger partial charge in [0.05, 0.1) is 19.1 Å². The monoisotopic (exact) mass is 251 g/mol. The third kappa shape index (κ3) is 3.14. The molecule has 0 aliphatic carbocycles. The fourth-order valence-electron chi connectivity index (χ4n) is 2.21. The molecule has 96 valence electrons. The zero-order valence-corrected chi connectivity index (χ0v) is 11.3. The zero-order chi connectivity index (χ0) is 13.7. The molecule has 0 radical (unpaired) electrons. The van der Waals surface area contributed by atoms with E-state index in [1.165, 1.54) is 5.56 Å². The molecule has 0 aliphatic rings. The summed E-state index contributed by atoms with van der Waals surface area (Å²) in [6.07, 6.45) is 0.739. The first-order valence-corrected chi connectivity index (χ1v) is 6.32. The first-order chi connectivity index (χ1) is 9.24. The topological polar surface area (TPSA) is 33.0 Å². The Kier molecular flexibility index (Phi) is 4.20. The fourth-order valence-corrected chi connectivity index (χ4v) is 2.21. The van der Waals surface area contributed by atoms with E-state index in [-0.39, 0.29) is 5.92 Å². The van der Waals surface area contributed by atoms with Gasteiger partial charge in [-0.15, -0.1) is 0 Å². The molecule has 0 aliphatic heterocycles. The van der Waals surface area contributed by atoms with Gasteiger partial charge in [-0.2, -0.15) is 5.26 Å². The van der Waals surface area contributed by atoms with E-state index in [2.05, 4.69) is 18.2 Å². The number of methoxy groups -OCH3 is 1. The van der Waals surface area contributed by atoms with Crippen molar-refractivity contribution in [1.82, 2.24) is 0 Å². The van der Waals surface area contributed by atoms with Crippen molar-refractivity contribution in [3.05, 3.63) is 65.2 Å². The highest BCUT2D eigenvalue weighted by Gasteiger charge is 2.12. The van der Waals surface area contributed by atoms with Crippen molar-refractivity contribution < 1.29 is 4.74 Å². The lowest BCUT2D eigenvalue weighted by Crippen LogP contribution is -2.01. The van der Waals surface area contributed by atoms with Gasteiger partial charge in [-0.05, 0) is 36.1 Å². The maximum Gasteiger partial charge on any atom is 0.121 e. The largest absolute Gasteiger partial charge is 0.496 e. The van der Waals surface area contributed by atoms with Crippen LogP contribution in [0.15, 0.2) is 48.5 Å². The van der Waals surface area contributed by atoms with Crippen molar-refractivity contribution >= 4 is 0 Å². The average molecular weight is 251 g/mol. The molecule has 0 aromatic heterocycles. The van der Waals surface area contributed by atoms with Gasteiger partial charge >= 0.3 is 0 Å². The summed E-state index contributed by atoms with van der Waals surface area (Å²) in [7, 11) is 1.66. The van der Waals surface area contributed by atoms with E-state index in [4.69, 9.17) is 4.74 Å². The van der Waals surface area contributed by atoms with Crippen molar-refractivity contribution in [2.24, 2.45) is 0 Å². The molecule has 0 fully saturated rings. The summed E-state index contributed by atoms with van der Waals surface area (Å²) in [5.41, 5.74) is 3.29. The summed E-state index contributed by atoms with van der Waals surface area (Å²) in [5, 5.41) is 9.38. The highest BCUT2D eigenvalue weighted by atomic mass is 16.5. The lowest BCUT2D eigenvalue weighted by Gasteiger charge is -2.12. The van der Waals surface area contributed by atoms with Crippen LogP contribution in [-0.2, 0) is 6.42 Å². The molecule has 0 bridgehead atoms. The number of hydrogen-bond acceptors (Lipinski definition) is 2. The Balaban J connectivity index is 2.23. The molecule has 0 saturated carbocycles. The Labute approximate surface area is 114 Å². The Morgan fingerprint density at radius 3 is 2.47 bits per heavy atom. The number of ether oxygens (including phenoxy) is 1. The van der Waals surface area contributed by atoms with E-state index in [9.17, 15) is 5.26 Å². The van der Waals surface area contributed by atoms with Gasteiger partial charge in [-0.1, -0.05) is 42.5 Å². The van der Waals surface area contributed by atoms with Crippen LogP contribution in [0.25, 0.3) is 0 Å². The fraction of sp³-hybridized carbons (Fsp3) is 0.235. The molecule has 2 rings (SSSR count). The van der Waals surface area contributed by atoms with Crippen LogP contribution in [-0.4, -0.2) is 7.11 Å². The van der Waals surface area contributed by atoms with E-state index in [1.807, 2.05) is 43.3 Å². The predicted octanol–water partition coefficient (Wildman–Crippen LogP) is 3.85. The maximum absolute atomic E-state index is 9.38. The second-order valence-corrected chi connectivity index (χ2v) is 4.60. The van der Waals surface area contributed by atoms with Gasteiger partial charge in [-0.25, -0.2) is 0 Å². The minimum atomic E-state index is -0.119. The van der Waals surface area contributed by atoms with E-state index in [0.29, 0.717) is 0 Å². The third-order valence-corrected chi connectivity index (χ3v) is 3.26. The standard InChI is InChI=1S/C17H17NO/c1-13-10-15(8-9-17(13)19-2)16(12-18)11-14-6-4-3-5-7-14/h3-10,16H,11H2,1-2H3. The first-order valence-electron chi connectivity index (χ1n) is 6.32. The van der Waals surface area contributed by atoms with Crippen molar-refractivity contribution in [3.8, 4) is 11.8 Å². The summed E-state index contributed by atoms with van der Waals surface area (Å²) in [6, 6.07) is 18.4. The van der Waals surface area contributed by atoms with Crippen molar-refractivity contribution in [1.29, 1.82) is 5.26 Å². The van der Waals surface area contributed by atoms with E-state index in [1.54, 1.807) is 7.11 Å². The summed E-state index contributed by atoms with van der Waals surface area (Å²) in [5.74, 6) is 0.743. The third-order valence-electron chi connectivity index (χ3n) is 3.26. The van der Waals surface area contributed by atoms with Crippen LogP contribution < -0.4 is 4.74 Å². The zero-order valence-electron chi connectivity index (χ0n) is 11.3. The lowest BCUT2D eigenvalue weighted by molar-refractivity contribution is 0.411. The molecule has 0 spiro atoms. The molecule has 2 heteroatoms. The van der Waals surface area contributed by atoms with Gasteiger partial charge in [0, 0.05) is 0 Å². The van der Waals surface area contributed by atoms with Gasteiger partial charge in [0.1, 0.15) is 5.75 Å². The highest BCUT2D eigenvalue weighted by Crippen LogP contribution is 2.25. The number of rotatable bonds is 4. The number of nitriles is 1. The van der Waals surface area contributed by atoms with E-state index >= 15 is 0 Å². The van der Waals surface area contributed by atoms with Crippen LogP contribution in [0.3, 0.4) is 0 Å². The average Bonchev–Trinajstić information content (AvgIpc) is 2.46. The minimum Gasteiger partial charge on any atom is -0.496 e. The van der Waals surface area contributed by atoms with E-state index in [0.717, 1.165) is 23.3 Å². The summed E-state index contributed by atoms with van der Waals surface area (Å²) < 4.78 is 5.25. The molecular formula is C17H17NO. The van der Waals surface area contributed by atoms with Crippen molar-refractivity contribution in [3.63, 3.8) is 0 Å². The number of aryl methyl sites for hydroxylation is 1. The number of benzene rings is 2. The molecule has 1 atom stereocenters. The molecule has 2 nitrogen and oxygen atoms in total. The molecule has 19 heavy (non-hydrogen) atoms. The van der Waals surface area contributed by atoms with Crippen LogP contribution in [0.2, 0.25) is 0 Å². The molecule has 0 amide bonds. The number of hydrogen-bond donors (Lipinski definition) is 0. The predicted molar refractivity (Wildman–Crippen MR) is 76.2 cm³/mol. The van der Waals surface area contributed by atoms with Crippen LogP contribution in [0.4, 0.5) is 0 Å². The normalized spacial score (nSPS) is 11.6. The molecule has 2 aromatic rings. The SMILES string of the molecule is COc1ccc(C(C#N)Cc2ccccc2)cc1C. The van der Waals surface area contributed by atoms with Gasteiger partial charge in [0.2, 0.25) is 0 Å². The second kappa shape index (κ2) is 6.06. The van der Waals surface area contributed by atoms with Crippen molar-refractivity contribution in [2.45, 2.75) is 19.3 Å². The Hall–Kier alpha value is -2.27. The summed E-state index contributed by atoms with van der Waals surface area (Å²) in [4.78, 5) is 0. The van der Waals surface area contributed by atoms with Crippen LogP contribution >= 0.6 is 0 Å². The van der Waals surface area contributed by atoms with Crippen LogP contribution in [0.5, 0.6) is 5.75 Å². The smallest absolute Gasteiger partial charge is 0.121 e. The highest BCUT2D eigenvalue weighted by molar-refractivity contribution is 5.39. The first kappa shape index (κ1) is 13.2. The van der Waals surface area contributed by atoms with Gasteiger partial charge in [0.15, 0.2) is 0 Å². The van der Waals surface area contributed by atoms with Crippen LogP contribution in [0, 0.1) is 18.3 Å². The minimum absolute atomic E-state index is 0.119. The van der Waals surface area contributed by atoms with Crippen molar-refractivity contribution in [2.75, 3.05) is 7.11 Å². The molecule has 1 unspecified atom stereocenters. The summed E-state index contributed by atoms with van der Waals surface area (Å²) in [6.45, 7) is 2.00. The molecular weight excluding hydrogens is 234 g/mol. The molecule has 0 N–H and O–H groups in total. The van der Waals surface area contributed by atoms with Gasteiger partial charge in [-0.3, -0.25) is 0 Å². The van der Waals surface area contributed by atoms with Gasteiger partial charge in [0.25, 0.3) is 0 Å². The molecule has 0 saturated heterocycles.